The second kappa shape index (κ2) is 5.82. The highest BCUT2D eigenvalue weighted by Gasteiger charge is 2.34. The molecule has 3 heteroatoms. The Hall–Kier alpha value is 0.650. The van der Waals surface area contributed by atoms with E-state index in [0.29, 0.717) is 0 Å². The Morgan fingerprint density at radius 3 is 2.33 bits per heavy atom. The van der Waals surface area contributed by atoms with Gasteiger partial charge in [-0.15, -0.1) is 0 Å². The minimum absolute atomic E-state index is 0.0505. The Kier molecular flexibility index (Phi) is 5.32. The fraction of sp³-hybridized carbons (Fsp3) is 1.00. The van der Waals surface area contributed by atoms with Gasteiger partial charge in [0.25, 0.3) is 0 Å². The van der Waals surface area contributed by atoms with Gasteiger partial charge in [-0.1, -0.05) is 35.4 Å². The topological polar surface area (TPSA) is 18.5 Å². The van der Waals surface area contributed by atoms with Gasteiger partial charge in [-0.3, -0.25) is 0 Å². The van der Waals surface area contributed by atoms with Gasteiger partial charge in [0.1, 0.15) is 0 Å². The molecular formula is C12H23IO2. The van der Waals surface area contributed by atoms with E-state index in [-0.39, 0.29) is 11.2 Å². The number of hydrogen-bond donors (Lipinski definition) is 0. The molecule has 0 heterocycles. The summed E-state index contributed by atoms with van der Waals surface area (Å²) in [4.78, 5) is 0. The lowest BCUT2D eigenvalue weighted by Crippen LogP contribution is -2.34. The molecule has 15 heavy (non-hydrogen) atoms. The third-order valence-corrected chi connectivity index (χ3v) is 4.81. The van der Waals surface area contributed by atoms with Crippen LogP contribution in [0.4, 0.5) is 0 Å². The van der Waals surface area contributed by atoms with Gasteiger partial charge < -0.3 is 9.47 Å². The van der Waals surface area contributed by atoms with Crippen LogP contribution < -0.4 is 0 Å². The van der Waals surface area contributed by atoms with E-state index in [1.807, 2.05) is 0 Å². The Balaban J connectivity index is 2.29. The van der Waals surface area contributed by atoms with E-state index >= 15 is 0 Å². The summed E-state index contributed by atoms with van der Waals surface area (Å²) in [6, 6.07) is 0. The van der Waals surface area contributed by atoms with Gasteiger partial charge in [0.15, 0.2) is 0 Å². The van der Waals surface area contributed by atoms with Gasteiger partial charge in [-0.05, 0) is 33.1 Å². The first-order valence-electron chi connectivity index (χ1n) is 5.79. The summed E-state index contributed by atoms with van der Waals surface area (Å²) in [5.41, 5.74) is 0.134. The van der Waals surface area contributed by atoms with Gasteiger partial charge in [0.05, 0.1) is 17.8 Å². The monoisotopic (exact) mass is 326 g/mol. The molecule has 1 fully saturated rings. The molecule has 0 amide bonds. The summed E-state index contributed by atoms with van der Waals surface area (Å²) >= 11 is 2.46. The first-order chi connectivity index (χ1) is 7.04. The van der Waals surface area contributed by atoms with E-state index in [2.05, 4.69) is 36.4 Å². The predicted octanol–water partition coefficient (Wildman–Crippen LogP) is 3.57. The van der Waals surface area contributed by atoms with Crippen LogP contribution in [0.25, 0.3) is 0 Å². The minimum atomic E-state index is -0.0505. The Bertz CT molecular complexity index is 186. The van der Waals surface area contributed by atoms with Crippen LogP contribution in [-0.2, 0) is 9.47 Å². The van der Waals surface area contributed by atoms with E-state index in [4.69, 9.17) is 9.47 Å². The number of methoxy groups -OCH3 is 1. The van der Waals surface area contributed by atoms with Crippen molar-refractivity contribution in [3.63, 3.8) is 0 Å². The zero-order valence-electron chi connectivity index (χ0n) is 10.1. The van der Waals surface area contributed by atoms with Gasteiger partial charge in [0.2, 0.25) is 0 Å². The van der Waals surface area contributed by atoms with E-state index in [1.54, 1.807) is 7.11 Å². The molecule has 0 aromatic carbocycles. The largest absolute Gasteiger partial charge is 0.379 e. The van der Waals surface area contributed by atoms with Crippen molar-refractivity contribution in [1.82, 2.24) is 0 Å². The molecule has 0 aliphatic heterocycles. The van der Waals surface area contributed by atoms with Crippen LogP contribution in [0.2, 0.25) is 0 Å². The van der Waals surface area contributed by atoms with E-state index < -0.39 is 0 Å². The quantitative estimate of drug-likeness (QED) is 0.549. The molecule has 2 nitrogen and oxygen atoms in total. The molecule has 0 saturated heterocycles. The van der Waals surface area contributed by atoms with E-state index in [9.17, 15) is 0 Å². The first-order valence-corrected chi connectivity index (χ1v) is 7.31. The predicted molar refractivity (Wildman–Crippen MR) is 71.7 cm³/mol. The van der Waals surface area contributed by atoms with Crippen LogP contribution in [0.5, 0.6) is 0 Å². The highest BCUT2D eigenvalue weighted by Crippen LogP contribution is 2.35. The van der Waals surface area contributed by atoms with Crippen molar-refractivity contribution >= 4 is 22.6 Å². The lowest BCUT2D eigenvalue weighted by atomic mass is 10.0. The molecule has 0 spiro atoms. The van der Waals surface area contributed by atoms with Crippen LogP contribution in [0.3, 0.4) is 0 Å². The summed E-state index contributed by atoms with van der Waals surface area (Å²) in [7, 11) is 1.77. The standard InChI is InChI=1S/C12H23IO2/c1-11(2,14-3)8-9-15-12(10-13)6-4-5-7-12/h4-10H2,1-3H3. The molecule has 1 saturated carbocycles. The normalized spacial score (nSPS) is 20.8. The maximum absolute atomic E-state index is 6.09. The fourth-order valence-electron chi connectivity index (χ4n) is 1.95. The molecule has 1 aliphatic carbocycles. The second-order valence-electron chi connectivity index (χ2n) is 5.09. The molecule has 0 atom stereocenters. The van der Waals surface area contributed by atoms with Gasteiger partial charge in [-0.25, -0.2) is 0 Å². The van der Waals surface area contributed by atoms with Crippen LogP contribution in [0.1, 0.15) is 46.0 Å². The molecular weight excluding hydrogens is 303 g/mol. The number of hydrogen-bond acceptors (Lipinski definition) is 2. The maximum Gasteiger partial charge on any atom is 0.0771 e. The van der Waals surface area contributed by atoms with Crippen LogP contribution in [-0.4, -0.2) is 29.3 Å². The molecule has 0 unspecified atom stereocenters. The zero-order valence-corrected chi connectivity index (χ0v) is 12.3. The van der Waals surface area contributed by atoms with Crippen molar-refractivity contribution in [3.05, 3.63) is 0 Å². The molecule has 0 aromatic heterocycles. The number of alkyl halides is 1. The smallest absolute Gasteiger partial charge is 0.0771 e. The summed E-state index contributed by atoms with van der Waals surface area (Å²) in [5, 5.41) is 0. The van der Waals surface area contributed by atoms with Gasteiger partial charge in [-0.2, -0.15) is 0 Å². The highest BCUT2D eigenvalue weighted by molar-refractivity contribution is 14.1. The van der Waals surface area contributed by atoms with Gasteiger partial charge in [0, 0.05) is 11.5 Å². The molecule has 0 radical (unpaired) electrons. The Morgan fingerprint density at radius 1 is 1.27 bits per heavy atom. The minimum Gasteiger partial charge on any atom is -0.379 e. The molecule has 1 aliphatic rings. The first kappa shape index (κ1) is 13.7. The summed E-state index contributed by atoms with van der Waals surface area (Å²) in [6.45, 7) is 5.05. The molecule has 0 N–H and O–H groups in total. The number of halogens is 1. The van der Waals surface area contributed by atoms with Crippen molar-refractivity contribution in [2.24, 2.45) is 0 Å². The summed E-state index contributed by atoms with van der Waals surface area (Å²) in [6.07, 6.45) is 6.11. The molecule has 1 rings (SSSR count). The van der Waals surface area contributed by atoms with Crippen molar-refractivity contribution in [3.8, 4) is 0 Å². The van der Waals surface area contributed by atoms with Crippen LogP contribution >= 0.6 is 22.6 Å². The second-order valence-corrected chi connectivity index (χ2v) is 5.85. The van der Waals surface area contributed by atoms with Crippen molar-refractivity contribution < 1.29 is 9.47 Å². The third kappa shape index (κ3) is 4.19. The molecule has 0 aromatic rings. The van der Waals surface area contributed by atoms with Crippen molar-refractivity contribution in [1.29, 1.82) is 0 Å². The van der Waals surface area contributed by atoms with Gasteiger partial charge >= 0.3 is 0 Å². The summed E-state index contributed by atoms with van der Waals surface area (Å²) in [5.74, 6) is 0. The van der Waals surface area contributed by atoms with Crippen molar-refractivity contribution in [2.45, 2.75) is 57.2 Å². The van der Waals surface area contributed by atoms with Crippen molar-refractivity contribution in [2.75, 3.05) is 18.1 Å². The van der Waals surface area contributed by atoms with Crippen LogP contribution in [0.15, 0.2) is 0 Å². The SMILES string of the molecule is COC(C)(C)CCOC1(CI)CCCC1. The number of rotatable bonds is 6. The third-order valence-electron chi connectivity index (χ3n) is 3.42. The maximum atomic E-state index is 6.09. The zero-order chi connectivity index (χ0) is 11.4. The van der Waals surface area contributed by atoms with E-state index in [0.717, 1.165) is 17.5 Å². The fourth-order valence-corrected chi connectivity index (χ4v) is 2.93. The average molecular weight is 326 g/mol. The lowest BCUT2D eigenvalue weighted by Gasteiger charge is -2.30. The number of ether oxygens (including phenoxy) is 2. The molecule has 0 bridgehead atoms. The Labute approximate surface area is 107 Å². The molecule has 90 valence electrons. The lowest BCUT2D eigenvalue weighted by molar-refractivity contribution is -0.0592. The Morgan fingerprint density at radius 2 is 1.87 bits per heavy atom. The average Bonchev–Trinajstić information content (AvgIpc) is 2.67. The van der Waals surface area contributed by atoms with E-state index in [1.165, 1.54) is 25.7 Å². The summed E-state index contributed by atoms with van der Waals surface area (Å²) < 4.78 is 12.6. The highest BCUT2D eigenvalue weighted by atomic mass is 127. The van der Waals surface area contributed by atoms with Crippen LogP contribution in [0, 0.1) is 0 Å².